The van der Waals surface area contributed by atoms with Crippen molar-refractivity contribution in [2.45, 2.75) is 11.8 Å². The maximum Gasteiger partial charge on any atom is 0.287 e. The van der Waals surface area contributed by atoms with E-state index in [1.807, 2.05) is 0 Å². The van der Waals surface area contributed by atoms with Crippen molar-refractivity contribution in [3.8, 4) is 0 Å². The molecule has 2 N–H and O–H groups in total. The first-order valence-electron chi connectivity index (χ1n) is 6.33. The predicted octanol–water partition coefficient (Wildman–Crippen LogP) is 0.683. The molecule has 0 aliphatic rings. The van der Waals surface area contributed by atoms with Gasteiger partial charge in [0, 0.05) is 20.1 Å². The monoisotopic (exact) mass is 346 g/mol. The Bertz CT molecular complexity index is 767. The van der Waals surface area contributed by atoms with Crippen LogP contribution in [0.15, 0.2) is 27.7 Å². The molecule has 0 spiro atoms. The molecule has 0 radical (unpaired) electrons. The Morgan fingerprint density at radius 2 is 2.18 bits per heavy atom. The number of sulfonamides is 1. The Morgan fingerprint density at radius 3 is 2.73 bits per heavy atom. The highest BCUT2D eigenvalue weighted by Crippen LogP contribution is 2.23. The molecule has 0 saturated carbocycles. The first kappa shape index (κ1) is 16.5. The molecule has 2 aromatic rings. The second-order valence-corrected chi connectivity index (χ2v) is 6.52. The molecule has 1 amide bonds. The Morgan fingerprint density at radius 1 is 1.45 bits per heavy atom. The summed E-state index contributed by atoms with van der Waals surface area (Å²) in [6.07, 6.45) is 1.38. The summed E-state index contributed by atoms with van der Waals surface area (Å²) < 4.78 is 32.9. The lowest BCUT2D eigenvalue weighted by molar-refractivity contribution is 0.0926. The summed E-state index contributed by atoms with van der Waals surface area (Å²) in [5.41, 5.74) is 0.305. The summed E-state index contributed by atoms with van der Waals surface area (Å²) in [4.78, 5) is 11.5. The number of aromatic nitrogens is 2. The average molecular weight is 347 g/mol. The molecule has 0 unspecified atom stereocenters. The summed E-state index contributed by atoms with van der Waals surface area (Å²) in [7, 11) is -2.24. The van der Waals surface area contributed by atoms with Gasteiger partial charge in [-0.25, -0.2) is 13.1 Å². The van der Waals surface area contributed by atoms with E-state index in [0.717, 1.165) is 0 Å². The molecule has 8 nitrogen and oxygen atoms in total. The van der Waals surface area contributed by atoms with E-state index in [4.69, 9.17) is 16.0 Å². The second-order valence-electron chi connectivity index (χ2n) is 4.46. The molecule has 0 saturated heterocycles. The summed E-state index contributed by atoms with van der Waals surface area (Å²) in [5.74, 6) is -0.256. The number of nitrogens with zero attached hydrogens (tertiary/aromatic N) is 2. The van der Waals surface area contributed by atoms with Crippen molar-refractivity contribution in [1.29, 1.82) is 0 Å². The maximum absolute atomic E-state index is 12.2. The number of rotatable bonds is 6. The van der Waals surface area contributed by atoms with Crippen LogP contribution in [0, 0.1) is 6.92 Å². The zero-order chi connectivity index (χ0) is 16.3. The molecule has 10 heteroatoms. The summed E-state index contributed by atoms with van der Waals surface area (Å²) in [6, 6.07) is 3.10. The Balaban J connectivity index is 1.92. The lowest BCUT2D eigenvalue weighted by atomic mass is 10.4. The van der Waals surface area contributed by atoms with Gasteiger partial charge in [0.05, 0.1) is 12.0 Å². The third-order valence-electron chi connectivity index (χ3n) is 2.82. The van der Waals surface area contributed by atoms with Gasteiger partial charge < -0.3 is 9.73 Å². The van der Waals surface area contributed by atoms with E-state index in [9.17, 15) is 13.2 Å². The summed E-state index contributed by atoms with van der Waals surface area (Å²) >= 11 is 5.93. The lowest BCUT2D eigenvalue weighted by Crippen LogP contribution is -2.34. The molecule has 0 bridgehead atoms. The number of carbonyl (C=O) groups excluding carboxylic acids is 1. The Labute approximate surface area is 132 Å². The molecule has 2 heterocycles. The Kier molecular flexibility index (Phi) is 4.89. The zero-order valence-electron chi connectivity index (χ0n) is 12.0. The van der Waals surface area contributed by atoms with Gasteiger partial charge in [-0.3, -0.25) is 9.48 Å². The largest absolute Gasteiger partial charge is 0.459 e. The molecule has 2 rings (SSSR count). The fourth-order valence-electron chi connectivity index (χ4n) is 1.84. The van der Waals surface area contributed by atoms with Crippen molar-refractivity contribution in [3.63, 3.8) is 0 Å². The van der Waals surface area contributed by atoms with Gasteiger partial charge >= 0.3 is 0 Å². The fourth-order valence-corrected chi connectivity index (χ4v) is 3.62. The highest BCUT2D eigenvalue weighted by molar-refractivity contribution is 7.89. The number of hydrogen-bond donors (Lipinski definition) is 2. The topological polar surface area (TPSA) is 106 Å². The SMILES string of the molecule is Cc1nn(C)c(Cl)c1S(=O)(=O)NCCNC(=O)c1ccco1. The van der Waals surface area contributed by atoms with Crippen LogP contribution in [-0.4, -0.2) is 37.2 Å². The van der Waals surface area contributed by atoms with Gasteiger partial charge in [0.25, 0.3) is 5.91 Å². The van der Waals surface area contributed by atoms with Crippen molar-refractivity contribution >= 4 is 27.5 Å². The van der Waals surface area contributed by atoms with Gasteiger partial charge in [0.2, 0.25) is 10.0 Å². The zero-order valence-corrected chi connectivity index (χ0v) is 13.5. The molecular weight excluding hydrogens is 332 g/mol. The normalized spacial score (nSPS) is 11.6. The summed E-state index contributed by atoms with van der Waals surface area (Å²) in [6.45, 7) is 1.67. The molecule has 0 atom stereocenters. The minimum Gasteiger partial charge on any atom is -0.459 e. The van der Waals surface area contributed by atoms with Crippen molar-refractivity contribution in [2.75, 3.05) is 13.1 Å². The van der Waals surface area contributed by atoms with Crippen molar-refractivity contribution in [2.24, 2.45) is 7.05 Å². The van der Waals surface area contributed by atoms with Crippen LogP contribution >= 0.6 is 11.6 Å². The van der Waals surface area contributed by atoms with Crippen LogP contribution in [0.5, 0.6) is 0 Å². The smallest absolute Gasteiger partial charge is 0.287 e. The van der Waals surface area contributed by atoms with E-state index < -0.39 is 15.9 Å². The van der Waals surface area contributed by atoms with Crippen LogP contribution in [0.4, 0.5) is 0 Å². The van der Waals surface area contributed by atoms with Gasteiger partial charge in [0.15, 0.2) is 5.76 Å². The third-order valence-corrected chi connectivity index (χ3v) is 4.97. The van der Waals surface area contributed by atoms with E-state index in [0.29, 0.717) is 5.69 Å². The lowest BCUT2D eigenvalue weighted by Gasteiger charge is -2.07. The molecule has 22 heavy (non-hydrogen) atoms. The second kappa shape index (κ2) is 6.51. The molecular formula is C12H15ClN4O4S. The highest BCUT2D eigenvalue weighted by Gasteiger charge is 2.24. The minimum absolute atomic E-state index is 0.0133. The van der Waals surface area contributed by atoms with Crippen LogP contribution in [0.3, 0.4) is 0 Å². The number of halogens is 1. The number of amides is 1. The van der Waals surface area contributed by atoms with E-state index in [1.54, 1.807) is 20.0 Å². The molecule has 0 aliphatic carbocycles. The van der Waals surface area contributed by atoms with Gasteiger partial charge in [-0.15, -0.1) is 0 Å². The number of hydrogen-bond acceptors (Lipinski definition) is 5. The minimum atomic E-state index is -3.79. The van der Waals surface area contributed by atoms with Crippen LogP contribution in [0.25, 0.3) is 0 Å². The first-order valence-corrected chi connectivity index (χ1v) is 8.19. The van der Waals surface area contributed by atoms with E-state index in [2.05, 4.69) is 15.1 Å². The van der Waals surface area contributed by atoms with Crippen LogP contribution < -0.4 is 10.0 Å². The molecule has 2 aromatic heterocycles. The van der Waals surface area contributed by atoms with Crippen molar-refractivity contribution in [3.05, 3.63) is 35.0 Å². The predicted molar refractivity (Wildman–Crippen MR) is 79.2 cm³/mol. The molecule has 0 aliphatic heterocycles. The standard InChI is InChI=1S/C12H15ClN4O4S/c1-8-10(11(13)17(2)16-8)22(19,20)15-6-5-14-12(18)9-4-3-7-21-9/h3-4,7,15H,5-6H2,1-2H3,(H,14,18). The van der Waals surface area contributed by atoms with E-state index >= 15 is 0 Å². The maximum atomic E-state index is 12.2. The number of furan rings is 1. The van der Waals surface area contributed by atoms with Gasteiger partial charge in [-0.05, 0) is 19.1 Å². The van der Waals surface area contributed by atoms with E-state index in [-0.39, 0.29) is 28.9 Å². The molecule has 120 valence electrons. The number of carbonyl (C=O) groups is 1. The van der Waals surface area contributed by atoms with E-state index in [1.165, 1.54) is 17.0 Å². The molecule has 0 fully saturated rings. The number of nitrogens with one attached hydrogen (secondary N) is 2. The number of aryl methyl sites for hydroxylation is 2. The third kappa shape index (κ3) is 3.49. The quantitative estimate of drug-likeness (QED) is 0.748. The average Bonchev–Trinajstić information content (AvgIpc) is 3.04. The van der Waals surface area contributed by atoms with Crippen LogP contribution in [0.2, 0.25) is 5.15 Å². The van der Waals surface area contributed by atoms with Crippen molar-refractivity contribution < 1.29 is 17.6 Å². The first-order chi connectivity index (χ1) is 10.3. The van der Waals surface area contributed by atoms with Gasteiger partial charge in [0.1, 0.15) is 10.0 Å². The van der Waals surface area contributed by atoms with Gasteiger partial charge in [-0.1, -0.05) is 11.6 Å². The van der Waals surface area contributed by atoms with Crippen LogP contribution in [-0.2, 0) is 17.1 Å². The molecule has 0 aromatic carbocycles. The highest BCUT2D eigenvalue weighted by atomic mass is 35.5. The Hall–Kier alpha value is -1.84. The fraction of sp³-hybridized carbons (Fsp3) is 0.333. The van der Waals surface area contributed by atoms with Crippen molar-refractivity contribution in [1.82, 2.24) is 19.8 Å². The van der Waals surface area contributed by atoms with Crippen LogP contribution in [0.1, 0.15) is 16.2 Å². The summed E-state index contributed by atoms with van der Waals surface area (Å²) in [5, 5.41) is 6.51. The van der Waals surface area contributed by atoms with Gasteiger partial charge in [-0.2, -0.15) is 5.10 Å².